The Morgan fingerprint density at radius 1 is 1.00 bits per heavy atom. The van der Waals surface area contributed by atoms with Crippen molar-refractivity contribution in [2.45, 2.75) is 4.90 Å². The largest absolute Gasteiger partial charge is 0.506 e. The number of hydrogen-bond acceptors (Lipinski definition) is 7. The summed E-state index contributed by atoms with van der Waals surface area (Å²) in [5, 5.41) is 25.4. The van der Waals surface area contributed by atoms with Crippen LogP contribution in [0.25, 0.3) is 0 Å². The fraction of sp³-hybridized carbons (Fsp3) is 0. The van der Waals surface area contributed by atoms with Gasteiger partial charge in [0, 0.05) is 22.7 Å². The highest BCUT2D eigenvalue weighted by Gasteiger charge is 2.23. The zero-order valence-corrected chi connectivity index (χ0v) is 18.9. The summed E-state index contributed by atoms with van der Waals surface area (Å²) in [6, 6.07) is 12.0. The molecule has 13 heteroatoms. The van der Waals surface area contributed by atoms with Crippen molar-refractivity contribution in [1.82, 2.24) is 0 Å². The van der Waals surface area contributed by atoms with E-state index in [0.717, 1.165) is 18.3 Å². The van der Waals surface area contributed by atoms with Crippen LogP contribution in [0.4, 0.5) is 17.1 Å². The van der Waals surface area contributed by atoms with E-state index in [4.69, 9.17) is 34.8 Å². The quantitative estimate of drug-likeness (QED) is 0.216. The minimum Gasteiger partial charge on any atom is -0.506 e. The molecule has 0 atom stereocenters. The lowest BCUT2D eigenvalue weighted by Gasteiger charge is -2.13. The topological polar surface area (TPSA) is 134 Å². The molecule has 0 aliphatic heterocycles. The van der Waals surface area contributed by atoms with Gasteiger partial charge in [-0.15, -0.1) is 0 Å². The molecule has 0 spiro atoms. The molecule has 0 bridgehead atoms. The summed E-state index contributed by atoms with van der Waals surface area (Å²) in [6.45, 7) is 0. The number of phenols is 1. The second-order valence-electron chi connectivity index (χ2n) is 6.22. The van der Waals surface area contributed by atoms with Gasteiger partial charge in [-0.3, -0.25) is 20.3 Å². The molecule has 3 rings (SSSR count). The van der Waals surface area contributed by atoms with Crippen LogP contribution >= 0.6 is 34.8 Å². The van der Waals surface area contributed by atoms with Crippen molar-refractivity contribution in [3.8, 4) is 5.75 Å². The van der Waals surface area contributed by atoms with Crippen molar-refractivity contribution in [1.29, 1.82) is 0 Å². The van der Waals surface area contributed by atoms with Gasteiger partial charge in [0.15, 0.2) is 0 Å². The number of halogens is 3. The van der Waals surface area contributed by atoms with Gasteiger partial charge in [-0.2, -0.15) is 5.10 Å². The molecule has 3 aromatic rings. The maximum Gasteiger partial charge on any atom is 0.270 e. The fourth-order valence-electron chi connectivity index (χ4n) is 2.54. The summed E-state index contributed by atoms with van der Waals surface area (Å²) < 4.78 is 28.2. The molecule has 0 amide bonds. The van der Waals surface area contributed by atoms with Gasteiger partial charge in [0.05, 0.1) is 32.6 Å². The molecule has 3 N–H and O–H groups in total. The van der Waals surface area contributed by atoms with Crippen LogP contribution in [0.5, 0.6) is 5.75 Å². The van der Waals surface area contributed by atoms with E-state index in [1.165, 1.54) is 30.3 Å². The average Bonchev–Trinajstić information content (AvgIpc) is 2.73. The Balaban J connectivity index is 1.98. The molecule has 166 valence electrons. The highest BCUT2D eigenvalue weighted by atomic mass is 35.5. The van der Waals surface area contributed by atoms with Crippen molar-refractivity contribution in [3.05, 3.63) is 85.3 Å². The smallest absolute Gasteiger partial charge is 0.270 e. The third kappa shape index (κ3) is 5.40. The van der Waals surface area contributed by atoms with Crippen LogP contribution < -0.4 is 10.1 Å². The van der Waals surface area contributed by atoms with Gasteiger partial charge in [0.2, 0.25) is 0 Å². The molecule has 3 aromatic carbocycles. The number of benzene rings is 3. The van der Waals surface area contributed by atoms with E-state index in [2.05, 4.69) is 15.2 Å². The summed E-state index contributed by atoms with van der Waals surface area (Å²) in [7, 11) is -4.31. The number of nitrogens with one attached hydrogen (secondary N) is 2. The van der Waals surface area contributed by atoms with Crippen LogP contribution in [0.1, 0.15) is 5.56 Å². The third-order valence-electron chi connectivity index (χ3n) is 4.03. The molecule has 0 saturated carbocycles. The Kier molecular flexibility index (Phi) is 7.09. The summed E-state index contributed by atoms with van der Waals surface area (Å²) in [6.07, 6.45) is 1.16. The van der Waals surface area contributed by atoms with Gasteiger partial charge in [0.1, 0.15) is 10.6 Å². The molecule has 0 aromatic heterocycles. The van der Waals surface area contributed by atoms with Crippen molar-refractivity contribution in [2.75, 3.05) is 10.1 Å². The second kappa shape index (κ2) is 9.61. The molecular weight excluding hydrogens is 503 g/mol. The van der Waals surface area contributed by atoms with Crippen LogP contribution in [0.2, 0.25) is 15.1 Å². The molecule has 0 radical (unpaired) electrons. The minimum absolute atomic E-state index is 0.00138. The van der Waals surface area contributed by atoms with Crippen molar-refractivity contribution >= 4 is 68.1 Å². The molecule has 0 unspecified atom stereocenters. The molecule has 0 aliphatic rings. The third-order valence-corrected chi connectivity index (χ3v) is 6.27. The second-order valence-corrected chi connectivity index (χ2v) is 9.12. The number of aromatic hydroxyl groups is 1. The summed E-state index contributed by atoms with van der Waals surface area (Å²) in [4.78, 5) is 9.99. The van der Waals surface area contributed by atoms with E-state index >= 15 is 0 Å². The van der Waals surface area contributed by atoms with Crippen LogP contribution in [-0.2, 0) is 10.0 Å². The predicted octanol–water partition coefficient (Wildman–Crippen LogP) is 5.51. The lowest BCUT2D eigenvalue weighted by atomic mass is 10.2. The number of nitro groups is 1. The Morgan fingerprint density at radius 2 is 1.72 bits per heavy atom. The van der Waals surface area contributed by atoms with Gasteiger partial charge < -0.3 is 5.11 Å². The van der Waals surface area contributed by atoms with Gasteiger partial charge in [0.25, 0.3) is 15.7 Å². The van der Waals surface area contributed by atoms with Crippen LogP contribution in [0, 0.1) is 10.1 Å². The summed E-state index contributed by atoms with van der Waals surface area (Å²) in [5.41, 5.74) is 2.24. The number of nitrogens with zero attached hydrogens (tertiary/aromatic N) is 2. The lowest BCUT2D eigenvalue weighted by molar-refractivity contribution is -0.385. The molecular formula is C19H13Cl3N4O5S. The Labute approximate surface area is 197 Å². The molecule has 0 aliphatic carbocycles. The number of hydrazone groups is 1. The highest BCUT2D eigenvalue weighted by Crippen LogP contribution is 2.32. The molecule has 9 nitrogen and oxygen atoms in total. The van der Waals surface area contributed by atoms with Crippen molar-refractivity contribution in [3.63, 3.8) is 0 Å². The Morgan fingerprint density at radius 3 is 2.41 bits per heavy atom. The van der Waals surface area contributed by atoms with E-state index in [1.807, 2.05) is 0 Å². The van der Waals surface area contributed by atoms with E-state index in [9.17, 15) is 23.6 Å². The summed E-state index contributed by atoms with van der Waals surface area (Å²) >= 11 is 17.8. The standard InChI is InChI=1S/C19H13Cl3N4O5S/c20-12-7-11(19(27)15(22)8-12)10-23-24-17-6-5-13(26(28)29)9-18(17)32(30,31)25-16-4-2-1-3-14(16)21/h1-10,24-25,27H. The molecule has 32 heavy (non-hydrogen) atoms. The first-order valence-corrected chi connectivity index (χ1v) is 11.2. The van der Waals surface area contributed by atoms with Crippen molar-refractivity contribution < 1.29 is 18.4 Å². The van der Waals surface area contributed by atoms with E-state index < -0.39 is 25.5 Å². The number of anilines is 2. The SMILES string of the molecule is O=[N+]([O-])c1ccc(NN=Cc2cc(Cl)cc(Cl)c2O)c(S(=O)(=O)Nc2ccccc2Cl)c1. The van der Waals surface area contributed by atoms with Crippen LogP contribution in [-0.4, -0.2) is 24.7 Å². The van der Waals surface area contributed by atoms with Gasteiger partial charge in [-0.1, -0.05) is 46.9 Å². The Hall–Kier alpha value is -3.05. The van der Waals surface area contributed by atoms with Gasteiger partial charge in [-0.05, 0) is 30.3 Å². The summed E-state index contributed by atoms with van der Waals surface area (Å²) in [5.74, 6) is -0.279. The van der Waals surface area contributed by atoms with E-state index in [1.54, 1.807) is 12.1 Å². The number of para-hydroxylation sites is 1. The first-order chi connectivity index (χ1) is 15.1. The van der Waals surface area contributed by atoms with Gasteiger partial charge in [-0.25, -0.2) is 8.42 Å². The molecule has 0 fully saturated rings. The van der Waals surface area contributed by atoms with E-state index in [-0.39, 0.29) is 37.8 Å². The van der Waals surface area contributed by atoms with Gasteiger partial charge >= 0.3 is 0 Å². The maximum atomic E-state index is 13.0. The highest BCUT2D eigenvalue weighted by molar-refractivity contribution is 7.93. The number of sulfonamides is 1. The number of non-ortho nitro benzene ring substituents is 1. The zero-order chi connectivity index (χ0) is 23.5. The first kappa shape index (κ1) is 23.6. The van der Waals surface area contributed by atoms with Crippen molar-refractivity contribution in [2.24, 2.45) is 5.10 Å². The van der Waals surface area contributed by atoms with Crippen LogP contribution in [0.3, 0.4) is 0 Å². The number of rotatable bonds is 7. The molecule has 0 saturated heterocycles. The monoisotopic (exact) mass is 514 g/mol. The normalized spacial score (nSPS) is 11.5. The maximum absolute atomic E-state index is 13.0. The fourth-order valence-corrected chi connectivity index (χ4v) is 4.54. The Bertz CT molecular complexity index is 1330. The lowest BCUT2D eigenvalue weighted by Crippen LogP contribution is -2.15. The van der Waals surface area contributed by atoms with Crippen LogP contribution in [0.15, 0.2) is 64.6 Å². The molecule has 0 heterocycles. The van der Waals surface area contributed by atoms with E-state index in [0.29, 0.717) is 0 Å². The number of nitro benzene ring substituents is 1. The number of phenolic OH excluding ortho intramolecular Hbond substituents is 1. The number of hydrogen-bond donors (Lipinski definition) is 3. The predicted molar refractivity (Wildman–Crippen MR) is 125 cm³/mol. The minimum atomic E-state index is -4.31. The first-order valence-electron chi connectivity index (χ1n) is 8.61. The zero-order valence-electron chi connectivity index (χ0n) is 15.8. The average molecular weight is 516 g/mol.